The molecule has 1 aliphatic carbocycles. The number of carbonyl (C=O) groups excluding carboxylic acids is 1. The first-order valence-corrected chi connectivity index (χ1v) is 13.3. The molecule has 1 aliphatic heterocycles. The molecule has 2 aliphatic rings. The van der Waals surface area contributed by atoms with Crippen molar-refractivity contribution in [2.24, 2.45) is 0 Å². The van der Waals surface area contributed by atoms with Gasteiger partial charge < -0.3 is 15.2 Å². The molecule has 0 bridgehead atoms. The van der Waals surface area contributed by atoms with Crippen LogP contribution in [-0.2, 0) is 20.3 Å². The fourth-order valence-electron chi connectivity index (χ4n) is 3.93. The number of hydrogen-bond donors (Lipinski definition) is 2. The molecule has 1 saturated heterocycles. The van der Waals surface area contributed by atoms with Gasteiger partial charge in [0.15, 0.2) is 9.84 Å². The van der Waals surface area contributed by atoms with E-state index >= 15 is 4.39 Å². The van der Waals surface area contributed by atoms with Crippen LogP contribution in [0.5, 0.6) is 5.75 Å². The minimum atomic E-state index is -3.93. The number of ether oxygens (including phenoxy) is 1. The van der Waals surface area contributed by atoms with Crippen molar-refractivity contribution < 1.29 is 27.4 Å². The molecule has 33 heavy (non-hydrogen) atoms. The number of nitrogens with one attached hydrogen (secondary N) is 1. The zero-order valence-electron chi connectivity index (χ0n) is 18.0. The van der Waals surface area contributed by atoms with E-state index in [4.69, 9.17) is 4.74 Å². The normalized spacial score (nSPS) is 17.2. The van der Waals surface area contributed by atoms with Gasteiger partial charge in [-0.25, -0.2) is 12.8 Å². The molecule has 0 atom stereocenters. The largest absolute Gasteiger partial charge is 0.507 e. The maximum Gasteiger partial charge on any atom is 0.254 e. The molecule has 0 aromatic heterocycles. The van der Waals surface area contributed by atoms with E-state index in [-0.39, 0.29) is 22.1 Å². The lowest BCUT2D eigenvalue weighted by Crippen LogP contribution is -2.41. The van der Waals surface area contributed by atoms with Crippen LogP contribution in [0.25, 0.3) is 0 Å². The topological polar surface area (TPSA) is 95.9 Å². The molecule has 10 heteroatoms. The van der Waals surface area contributed by atoms with Gasteiger partial charge >= 0.3 is 0 Å². The first-order valence-electron chi connectivity index (χ1n) is 10.9. The summed E-state index contributed by atoms with van der Waals surface area (Å²) in [6.07, 6.45) is 1.61. The lowest BCUT2D eigenvalue weighted by atomic mass is 10.0. The van der Waals surface area contributed by atoms with Crippen molar-refractivity contribution in [2.45, 2.75) is 29.4 Å². The fourth-order valence-corrected chi connectivity index (χ4v) is 5.90. The number of nitrogens with zero attached hydrogens (tertiary/aromatic N) is 1. The van der Waals surface area contributed by atoms with Crippen LogP contribution < -0.4 is 5.32 Å². The minimum Gasteiger partial charge on any atom is -0.507 e. The highest BCUT2D eigenvalue weighted by Crippen LogP contribution is 2.42. The third-order valence-electron chi connectivity index (χ3n) is 5.85. The Morgan fingerprint density at radius 3 is 2.64 bits per heavy atom. The first-order chi connectivity index (χ1) is 15.7. The van der Waals surface area contributed by atoms with E-state index < -0.39 is 27.3 Å². The average molecular weight is 541 g/mol. The summed E-state index contributed by atoms with van der Waals surface area (Å²) in [4.78, 5) is 14.7. The maximum atomic E-state index is 15.2. The molecular formula is C23H26BrFN2O5S. The molecule has 0 unspecified atom stereocenters. The molecule has 2 aromatic rings. The highest BCUT2D eigenvalue weighted by molar-refractivity contribution is 9.10. The number of aromatic hydroxyl groups is 1. The van der Waals surface area contributed by atoms with Crippen LogP contribution in [-0.4, -0.2) is 63.7 Å². The highest BCUT2D eigenvalue weighted by Gasteiger charge is 2.31. The second-order valence-corrected chi connectivity index (χ2v) is 11.3. The third kappa shape index (κ3) is 5.92. The predicted octanol–water partition coefficient (Wildman–Crippen LogP) is 3.21. The van der Waals surface area contributed by atoms with E-state index in [0.717, 1.165) is 25.9 Å². The molecule has 7 nitrogen and oxygen atoms in total. The first kappa shape index (κ1) is 24.1. The van der Waals surface area contributed by atoms with Gasteiger partial charge in [0.05, 0.1) is 24.5 Å². The van der Waals surface area contributed by atoms with E-state index in [1.807, 2.05) is 0 Å². The van der Waals surface area contributed by atoms with E-state index in [1.165, 1.54) is 30.3 Å². The van der Waals surface area contributed by atoms with Crippen LogP contribution in [0.3, 0.4) is 0 Å². The number of morpholine rings is 1. The lowest BCUT2D eigenvalue weighted by Gasteiger charge is -2.26. The van der Waals surface area contributed by atoms with Gasteiger partial charge in [-0.1, -0.05) is 22.0 Å². The Balaban J connectivity index is 1.55. The Morgan fingerprint density at radius 1 is 1.21 bits per heavy atom. The van der Waals surface area contributed by atoms with Crippen molar-refractivity contribution in [1.82, 2.24) is 10.2 Å². The zero-order valence-corrected chi connectivity index (χ0v) is 20.4. The summed E-state index contributed by atoms with van der Waals surface area (Å²) in [5, 5.41) is 12.8. The van der Waals surface area contributed by atoms with Crippen LogP contribution in [0.4, 0.5) is 4.39 Å². The van der Waals surface area contributed by atoms with Crippen molar-refractivity contribution in [3.8, 4) is 5.75 Å². The number of carbonyl (C=O) groups is 1. The molecule has 4 rings (SSSR count). The van der Waals surface area contributed by atoms with Crippen LogP contribution >= 0.6 is 15.9 Å². The molecule has 2 aromatic carbocycles. The summed E-state index contributed by atoms with van der Waals surface area (Å²) in [6, 6.07) is 7.00. The maximum absolute atomic E-state index is 15.2. The van der Waals surface area contributed by atoms with E-state index in [2.05, 4.69) is 26.1 Å². The zero-order chi connectivity index (χ0) is 23.6. The van der Waals surface area contributed by atoms with Gasteiger partial charge in [-0.3, -0.25) is 9.69 Å². The van der Waals surface area contributed by atoms with Crippen molar-refractivity contribution in [1.29, 1.82) is 0 Å². The van der Waals surface area contributed by atoms with E-state index in [9.17, 15) is 18.3 Å². The Kier molecular flexibility index (Phi) is 7.37. The number of phenols is 1. The monoisotopic (exact) mass is 540 g/mol. The number of rotatable bonds is 8. The number of sulfone groups is 1. The Hall–Kier alpha value is -2.01. The van der Waals surface area contributed by atoms with Gasteiger partial charge in [0.1, 0.15) is 16.5 Å². The van der Waals surface area contributed by atoms with Gasteiger partial charge in [0.2, 0.25) is 0 Å². The molecule has 2 N–H and O–H groups in total. The van der Waals surface area contributed by atoms with E-state index in [1.54, 1.807) is 0 Å². The smallest absolute Gasteiger partial charge is 0.254 e. The van der Waals surface area contributed by atoms with Gasteiger partial charge in [0.25, 0.3) is 5.91 Å². The summed E-state index contributed by atoms with van der Waals surface area (Å²) >= 11 is 3.22. The number of hydrogen-bond acceptors (Lipinski definition) is 6. The molecule has 178 valence electrons. The standard InChI is InChI=1S/C23H26BrFN2O5S/c24-17-3-4-20(28)21(13-17)33(30,31)14-15-11-18(16-1-2-16)22(25)19(12-15)23(29)26-5-6-27-7-9-32-10-8-27/h3-4,11-13,16,28H,1-2,5-10,14H2,(H,26,29). The summed E-state index contributed by atoms with van der Waals surface area (Å²) < 4.78 is 47.0. The van der Waals surface area contributed by atoms with E-state index in [0.29, 0.717) is 41.9 Å². The van der Waals surface area contributed by atoms with Crippen LogP contribution in [0.2, 0.25) is 0 Å². The summed E-state index contributed by atoms with van der Waals surface area (Å²) in [5.74, 6) is -1.97. The fraction of sp³-hybridized carbons (Fsp3) is 0.435. The molecule has 2 fully saturated rings. The molecular weight excluding hydrogens is 515 g/mol. The molecule has 1 amide bonds. The van der Waals surface area contributed by atoms with Crippen LogP contribution in [0.15, 0.2) is 39.7 Å². The second kappa shape index (κ2) is 10.1. The Labute approximate surface area is 201 Å². The van der Waals surface area contributed by atoms with Gasteiger partial charge in [-0.05, 0) is 54.2 Å². The van der Waals surface area contributed by atoms with Crippen molar-refractivity contribution in [3.05, 3.63) is 57.3 Å². The SMILES string of the molecule is O=C(NCCN1CCOCC1)c1cc(CS(=O)(=O)c2cc(Br)ccc2O)cc(C2CC2)c1F. The van der Waals surface area contributed by atoms with Crippen LogP contribution in [0, 0.1) is 5.82 Å². The lowest BCUT2D eigenvalue weighted by molar-refractivity contribution is 0.0383. The second-order valence-electron chi connectivity index (χ2n) is 8.40. The molecule has 0 radical (unpaired) electrons. The minimum absolute atomic E-state index is 0.00757. The summed E-state index contributed by atoms with van der Waals surface area (Å²) in [6.45, 7) is 3.85. The van der Waals surface area contributed by atoms with Crippen molar-refractivity contribution in [3.63, 3.8) is 0 Å². The number of phenolic OH excluding ortho intramolecular Hbond substituents is 1. The summed E-state index contributed by atoms with van der Waals surface area (Å²) in [7, 11) is -3.93. The highest BCUT2D eigenvalue weighted by atomic mass is 79.9. The van der Waals surface area contributed by atoms with Gasteiger partial charge in [-0.2, -0.15) is 0 Å². The molecule has 1 heterocycles. The van der Waals surface area contributed by atoms with Gasteiger partial charge in [0, 0.05) is 30.7 Å². The quantitative estimate of drug-likeness (QED) is 0.533. The molecule has 0 spiro atoms. The number of halogens is 2. The Bertz CT molecular complexity index is 1150. The predicted molar refractivity (Wildman–Crippen MR) is 125 cm³/mol. The summed E-state index contributed by atoms with van der Waals surface area (Å²) in [5.41, 5.74) is 0.542. The van der Waals surface area contributed by atoms with Crippen molar-refractivity contribution >= 4 is 31.7 Å². The Morgan fingerprint density at radius 2 is 1.94 bits per heavy atom. The van der Waals surface area contributed by atoms with Crippen molar-refractivity contribution in [2.75, 3.05) is 39.4 Å². The average Bonchev–Trinajstić information content (AvgIpc) is 3.62. The third-order valence-corrected chi connectivity index (χ3v) is 8.06. The molecule has 1 saturated carbocycles. The van der Waals surface area contributed by atoms with Gasteiger partial charge in [-0.15, -0.1) is 0 Å². The number of benzene rings is 2. The van der Waals surface area contributed by atoms with Crippen LogP contribution in [0.1, 0.15) is 40.2 Å². The number of amides is 1.